The standard InChI is InChI=1S/C17H19BrIN/c1-10-7-12(3)14(8-11(10)2)17(20-4)15-9-13(18)5-6-16(15)19/h5-9,17,20H,1-4H3. The van der Waals surface area contributed by atoms with Gasteiger partial charge in [-0.2, -0.15) is 0 Å². The van der Waals surface area contributed by atoms with E-state index in [9.17, 15) is 0 Å². The van der Waals surface area contributed by atoms with Crippen molar-refractivity contribution in [2.75, 3.05) is 7.05 Å². The summed E-state index contributed by atoms with van der Waals surface area (Å²) in [5.41, 5.74) is 6.70. The maximum absolute atomic E-state index is 3.58. The van der Waals surface area contributed by atoms with E-state index in [-0.39, 0.29) is 6.04 Å². The first kappa shape index (κ1) is 16.0. The fourth-order valence-corrected chi connectivity index (χ4v) is 3.53. The van der Waals surface area contributed by atoms with Crippen molar-refractivity contribution >= 4 is 38.5 Å². The quantitative estimate of drug-likeness (QED) is 0.635. The van der Waals surface area contributed by atoms with E-state index in [2.05, 4.69) is 94.9 Å². The van der Waals surface area contributed by atoms with Crippen LogP contribution >= 0.6 is 38.5 Å². The number of hydrogen-bond acceptors (Lipinski definition) is 1. The van der Waals surface area contributed by atoms with Crippen LogP contribution in [0.15, 0.2) is 34.8 Å². The summed E-state index contributed by atoms with van der Waals surface area (Å²) >= 11 is 5.99. The molecule has 0 saturated carbocycles. The molecule has 3 heteroatoms. The van der Waals surface area contributed by atoms with E-state index in [0.717, 1.165) is 4.47 Å². The van der Waals surface area contributed by atoms with Crippen LogP contribution in [0.5, 0.6) is 0 Å². The van der Waals surface area contributed by atoms with E-state index in [0.29, 0.717) is 0 Å². The molecular formula is C17H19BrIN. The van der Waals surface area contributed by atoms with Gasteiger partial charge in [0.1, 0.15) is 0 Å². The van der Waals surface area contributed by atoms with Gasteiger partial charge in [0, 0.05) is 8.04 Å². The lowest BCUT2D eigenvalue weighted by atomic mass is 9.92. The zero-order chi connectivity index (χ0) is 14.9. The normalized spacial score (nSPS) is 12.5. The minimum absolute atomic E-state index is 0.221. The Kier molecular flexibility index (Phi) is 5.26. The summed E-state index contributed by atoms with van der Waals surface area (Å²) in [5, 5.41) is 3.46. The molecule has 0 fully saturated rings. The molecule has 2 aromatic carbocycles. The predicted octanol–water partition coefficient (Wildman–Crippen LogP) is 5.29. The van der Waals surface area contributed by atoms with E-state index in [1.165, 1.54) is 31.4 Å². The Morgan fingerprint density at radius 2 is 1.60 bits per heavy atom. The summed E-state index contributed by atoms with van der Waals surface area (Å²) in [7, 11) is 2.02. The Labute approximate surface area is 143 Å². The molecule has 0 aliphatic rings. The molecule has 0 aromatic heterocycles. The van der Waals surface area contributed by atoms with Crippen LogP contribution in [0, 0.1) is 24.3 Å². The highest BCUT2D eigenvalue weighted by atomic mass is 127. The van der Waals surface area contributed by atoms with Gasteiger partial charge < -0.3 is 5.32 Å². The third kappa shape index (κ3) is 3.26. The highest BCUT2D eigenvalue weighted by molar-refractivity contribution is 14.1. The summed E-state index contributed by atoms with van der Waals surface area (Å²) in [6, 6.07) is 11.3. The van der Waals surface area contributed by atoms with Crippen LogP contribution in [-0.2, 0) is 0 Å². The Morgan fingerprint density at radius 1 is 0.950 bits per heavy atom. The first-order valence-electron chi connectivity index (χ1n) is 6.64. The summed E-state index contributed by atoms with van der Waals surface area (Å²) in [6.07, 6.45) is 0. The van der Waals surface area contributed by atoms with Crippen molar-refractivity contribution in [3.63, 3.8) is 0 Å². The van der Waals surface area contributed by atoms with Gasteiger partial charge in [-0.15, -0.1) is 0 Å². The van der Waals surface area contributed by atoms with E-state index in [1.807, 2.05) is 7.05 Å². The molecule has 0 amide bonds. The molecule has 0 aliphatic carbocycles. The number of benzene rings is 2. The molecule has 1 atom stereocenters. The van der Waals surface area contributed by atoms with Gasteiger partial charge in [-0.3, -0.25) is 0 Å². The number of rotatable bonds is 3. The van der Waals surface area contributed by atoms with Crippen molar-refractivity contribution in [1.29, 1.82) is 0 Å². The molecule has 0 bridgehead atoms. The molecule has 1 nitrogen and oxygen atoms in total. The smallest absolute Gasteiger partial charge is 0.0587 e. The molecule has 2 rings (SSSR count). The zero-order valence-corrected chi connectivity index (χ0v) is 16.0. The second kappa shape index (κ2) is 6.58. The van der Waals surface area contributed by atoms with Crippen LogP contribution in [0.25, 0.3) is 0 Å². The minimum atomic E-state index is 0.221. The second-order valence-electron chi connectivity index (χ2n) is 5.18. The van der Waals surface area contributed by atoms with Crippen molar-refractivity contribution in [3.05, 3.63) is 66.2 Å². The molecule has 0 heterocycles. The van der Waals surface area contributed by atoms with Crippen molar-refractivity contribution < 1.29 is 0 Å². The second-order valence-corrected chi connectivity index (χ2v) is 7.26. The highest BCUT2D eigenvalue weighted by Gasteiger charge is 2.18. The fraction of sp³-hybridized carbons (Fsp3) is 0.294. The van der Waals surface area contributed by atoms with Crippen LogP contribution in [0.2, 0.25) is 0 Å². The van der Waals surface area contributed by atoms with Gasteiger partial charge in [0.25, 0.3) is 0 Å². The average molecular weight is 444 g/mol. The van der Waals surface area contributed by atoms with Crippen molar-refractivity contribution in [2.24, 2.45) is 0 Å². The number of halogens is 2. The molecule has 0 spiro atoms. The topological polar surface area (TPSA) is 12.0 Å². The van der Waals surface area contributed by atoms with Gasteiger partial charge in [-0.25, -0.2) is 0 Å². The summed E-state index contributed by atoms with van der Waals surface area (Å²) in [6.45, 7) is 6.54. The summed E-state index contributed by atoms with van der Waals surface area (Å²) < 4.78 is 2.40. The molecule has 106 valence electrons. The van der Waals surface area contributed by atoms with Gasteiger partial charge >= 0.3 is 0 Å². The molecule has 2 aromatic rings. The zero-order valence-electron chi connectivity index (χ0n) is 12.2. The van der Waals surface area contributed by atoms with Crippen molar-refractivity contribution in [1.82, 2.24) is 5.32 Å². The van der Waals surface area contributed by atoms with Gasteiger partial charge in [0.2, 0.25) is 0 Å². The summed E-state index contributed by atoms with van der Waals surface area (Å²) in [4.78, 5) is 0. The van der Waals surface area contributed by atoms with Crippen molar-refractivity contribution in [2.45, 2.75) is 26.8 Å². The molecule has 0 radical (unpaired) electrons. The molecule has 1 N–H and O–H groups in total. The third-order valence-electron chi connectivity index (χ3n) is 3.75. The van der Waals surface area contributed by atoms with Gasteiger partial charge in [0.15, 0.2) is 0 Å². The van der Waals surface area contributed by atoms with Gasteiger partial charge in [-0.05, 0) is 96.4 Å². The Bertz CT molecular complexity index is 637. The lowest BCUT2D eigenvalue weighted by Crippen LogP contribution is -2.20. The fourth-order valence-electron chi connectivity index (χ4n) is 2.51. The lowest BCUT2D eigenvalue weighted by molar-refractivity contribution is 0.683. The largest absolute Gasteiger partial charge is 0.309 e. The Hall–Kier alpha value is -0.390. The molecule has 20 heavy (non-hydrogen) atoms. The van der Waals surface area contributed by atoms with Crippen LogP contribution in [0.1, 0.15) is 33.9 Å². The highest BCUT2D eigenvalue weighted by Crippen LogP contribution is 2.31. The Morgan fingerprint density at radius 3 is 2.25 bits per heavy atom. The number of aryl methyl sites for hydroxylation is 3. The number of hydrogen-bond donors (Lipinski definition) is 1. The van der Waals surface area contributed by atoms with E-state index < -0.39 is 0 Å². The Balaban J connectivity index is 2.58. The van der Waals surface area contributed by atoms with Crippen molar-refractivity contribution in [3.8, 4) is 0 Å². The first-order chi connectivity index (χ1) is 9.43. The van der Waals surface area contributed by atoms with Gasteiger partial charge in [0.05, 0.1) is 6.04 Å². The molecule has 0 aliphatic heterocycles. The van der Waals surface area contributed by atoms with Crippen LogP contribution < -0.4 is 5.32 Å². The van der Waals surface area contributed by atoms with Gasteiger partial charge in [-0.1, -0.05) is 28.1 Å². The monoisotopic (exact) mass is 443 g/mol. The first-order valence-corrected chi connectivity index (χ1v) is 8.51. The van der Waals surface area contributed by atoms with Crippen LogP contribution in [0.4, 0.5) is 0 Å². The van der Waals surface area contributed by atoms with Crippen LogP contribution in [0.3, 0.4) is 0 Å². The molecule has 1 unspecified atom stereocenters. The average Bonchev–Trinajstić information content (AvgIpc) is 2.40. The van der Waals surface area contributed by atoms with Crippen LogP contribution in [-0.4, -0.2) is 7.05 Å². The molecule has 0 saturated heterocycles. The van der Waals surface area contributed by atoms with E-state index in [1.54, 1.807) is 0 Å². The predicted molar refractivity (Wildman–Crippen MR) is 98.4 cm³/mol. The molecular weight excluding hydrogens is 425 g/mol. The van der Waals surface area contributed by atoms with E-state index in [4.69, 9.17) is 0 Å². The summed E-state index contributed by atoms with van der Waals surface area (Å²) in [5.74, 6) is 0. The van der Waals surface area contributed by atoms with E-state index >= 15 is 0 Å². The third-order valence-corrected chi connectivity index (χ3v) is 5.23. The minimum Gasteiger partial charge on any atom is -0.309 e. The SMILES string of the molecule is CNC(c1cc(C)c(C)cc1C)c1cc(Br)ccc1I. The maximum Gasteiger partial charge on any atom is 0.0587 e. The maximum atomic E-state index is 3.58. The number of nitrogens with one attached hydrogen (secondary N) is 1. The lowest BCUT2D eigenvalue weighted by Gasteiger charge is -2.22.